The second-order valence-corrected chi connectivity index (χ2v) is 7.08. The number of fused-ring (bicyclic) bond motifs is 1. The highest BCUT2D eigenvalue weighted by Gasteiger charge is 2.27. The molecule has 0 saturated carbocycles. The van der Waals surface area contributed by atoms with Crippen LogP contribution in [0.25, 0.3) is 5.82 Å². The van der Waals surface area contributed by atoms with Gasteiger partial charge in [0.1, 0.15) is 23.1 Å². The lowest BCUT2D eigenvalue weighted by Gasteiger charge is -2.33. The van der Waals surface area contributed by atoms with Crippen LogP contribution in [0.4, 0.5) is 5.69 Å². The number of nitrogens with two attached hydrogens (primary N) is 1. The molecular weight excluding hydrogens is 390 g/mol. The summed E-state index contributed by atoms with van der Waals surface area (Å²) in [5.74, 6) is 2.89. The first-order chi connectivity index (χ1) is 15.2. The predicted molar refractivity (Wildman–Crippen MR) is 118 cm³/mol. The maximum absolute atomic E-state index is 6.58. The van der Waals surface area contributed by atoms with Gasteiger partial charge in [-0.3, -0.25) is 0 Å². The van der Waals surface area contributed by atoms with Gasteiger partial charge in [0.05, 0.1) is 18.6 Å². The van der Waals surface area contributed by atoms with E-state index in [4.69, 9.17) is 24.6 Å². The number of nitrogens with zero attached hydrogens (tertiary/aromatic N) is 2. The molecular formula is C25H21N3O3. The molecule has 6 heteroatoms. The maximum Gasteiger partial charge on any atom is 0.227 e. The number of furan rings is 1. The average molecular weight is 411 g/mol. The van der Waals surface area contributed by atoms with E-state index in [0.29, 0.717) is 11.4 Å². The number of ether oxygens (including phenoxy) is 2. The van der Waals surface area contributed by atoms with E-state index in [1.54, 1.807) is 13.4 Å². The van der Waals surface area contributed by atoms with Gasteiger partial charge in [-0.25, -0.2) is 4.99 Å². The van der Waals surface area contributed by atoms with Crippen LogP contribution in [-0.4, -0.2) is 7.11 Å². The quantitative estimate of drug-likeness (QED) is 0.538. The zero-order chi connectivity index (χ0) is 21.2. The van der Waals surface area contributed by atoms with Crippen LogP contribution in [-0.2, 0) is 0 Å². The van der Waals surface area contributed by atoms with Gasteiger partial charge in [0.2, 0.25) is 5.55 Å². The highest BCUT2D eigenvalue weighted by molar-refractivity contribution is 5.69. The first kappa shape index (κ1) is 18.8. The minimum absolute atomic E-state index is 0.370. The fourth-order valence-electron chi connectivity index (χ4n) is 3.61. The molecule has 0 amide bonds. The van der Waals surface area contributed by atoms with Gasteiger partial charge in [-0.2, -0.15) is 0 Å². The highest BCUT2D eigenvalue weighted by Crippen LogP contribution is 2.34. The smallest absolute Gasteiger partial charge is 0.227 e. The minimum Gasteiger partial charge on any atom is -0.497 e. The summed E-state index contributed by atoms with van der Waals surface area (Å²) in [6, 6.07) is 27.1. The second-order valence-electron chi connectivity index (χ2n) is 7.08. The monoisotopic (exact) mass is 411 g/mol. The Kier molecular flexibility index (Phi) is 4.80. The molecule has 2 N–H and O–H groups in total. The highest BCUT2D eigenvalue weighted by atomic mass is 16.5. The number of hydrogen-bond donors (Lipinski definition) is 1. The minimum atomic E-state index is -0.370. The van der Waals surface area contributed by atoms with Crippen LogP contribution in [0.2, 0.25) is 0 Å². The molecule has 154 valence electrons. The molecule has 1 aromatic heterocycles. The zero-order valence-electron chi connectivity index (χ0n) is 16.9. The van der Waals surface area contributed by atoms with E-state index in [1.807, 2.05) is 89.8 Å². The van der Waals surface area contributed by atoms with E-state index >= 15 is 0 Å². The molecule has 1 aliphatic rings. The Morgan fingerprint density at radius 1 is 0.839 bits per heavy atom. The molecule has 1 unspecified atom stereocenters. The summed E-state index contributed by atoms with van der Waals surface area (Å²) in [5, 5.41) is 0.773. The standard InChI is InChI=1S/C25H21N3O3/c1-29-19-11-7-17(8-12-19)24-27-25-22(15-16-30-25)23(26)28(24)18-9-13-21(14-10-18)31-20-5-3-2-4-6-20/h2-16,24H,26H2,1H3. The van der Waals surface area contributed by atoms with Crippen LogP contribution in [0.15, 0.2) is 101 Å². The SMILES string of the molecule is COc1ccc(C2N=c3occc3=C(N)N2c2ccc(Oc3ccccc3)cc2)cc1. The van der Waals surface area contributed by atoms with Crippen molar-refractivity contribution in [3.63, 3.8) is 0 Å². The third-order valence-corrected chi connectivity index (χ3v) is 5.17. The van der Waals surface area contributed by atoms with E-state index in [0.717, 1.165) is 33.7 Å². The molecule has 0 spiro atoms. The van der Waals surface area contributed by atoms with E-state index in [1.165, 1.54) is 0 Å². The molecule has 2 heterocycles. The van der Waals surface area contributed by atoms with Crippen molar-refractivity contribution in [1.82, 2.24) is 0 Å². The lowest BCUT2D eigenvalue weighted by molar-refractivity contribution is 0.414. The second kappa shape index (κ2) is 7.91. The van der Waals surface area contributed by atoms with E-state index in [9.17, 15) is 0 Å². The van der Waals surface area contributed by atoms with Crippen LogP contribution in [0.1, 0.15) is 11.7 Å². The largest absolute Gasteiger partial charge is 0.497 e. The molecule has 31 heavy (non-hydrogen) atoms. The van der Waals surface area contributed by atoms with Gasteiger partial charge in [-0.1, -0.05) is 30.3 Å². The van der Waals surface area contributed by atoms with Crippen molar-refractivity contribution >= 4 is 11.5 Å². The molecule has 4 aromatic rings. The first-order valence-corrected chi connectivity index (χ1v) is 9.90. The van der Waals surface area contributed by atoms with Crippen molar-refractivity contribution in [2.45, 2.75) is 6.17 Å². The molecule has 0 aliphatic carbocycles. The third-order valence-electron chi connectivity index (χ3n) is 5.17. The summed E-state index contributed by atoms with van der Waals surface area (Å²) in [5.41, 5.74) is 8.97. The Hall–Kier alpha value is -4.19. The van der Waals surface area contributed by atoms with Crippen LogP contribution < -0.4 is 30.9 Å². The fraction of sp³-hybridized carbons (Fsp3) is 0.0800. The van der Waals surface area contributed by atoms with Gasteiger partial charge in [0.15, 0.2) is 6.17 Å². The van der Waals surface area contributed by atoms with Gasteiger partial charge in [-0.05, 0) is 60.2 Å². The van der Waals surface area contributed by atoms with Crippen molar-refractivity contribution in [3.05, 3.63) is 108 Å². The Morgan fingerprint density at radius 2 is 1.52 bits per heavy atom. The summed E-state index contributed by atoms with van der Waals surface area (Å²) in [6.45, 7) is 0. The maximum atomic E-state index is 6.58. The number of hydrogen-bond acceptors (Lipinski definition) is 6. The van der Waals surface area contributed by atoms with E-state index in [2.05, 4.69) is 0 Å². The van der Waals surface area contributed by atoms with Crippen LogP contribution >= 0.6 is 0 Å². The topological polar surface area (TPSA) is 73.2 Å². The van der Waals surface area contributed by atoms with Crippen molar-refractivity contribution in [1.29, 1.82) is 0 Å². The number of para-hydroxylation sites is 1. The number of benzene rings is 3. The molecule has 6 nitrogen and oxygen atoms in total. The zero-order valence-corrected chi connectivity index (χ0v) is 16.9. The molecule has 0 radical (unpaired) electrons. The normalized spacial score (nSPS) is 15.2. The van der Waals surface area contributed by atoms with Crippen molar-refractivity contribution in [2.75, 3.05) is 12.0 Å². The van der Waals surface area contributed by atoms with Gasteiger partial charge in [0.25, 0.3) is 0 Å². The fourth-order valence-corrected chi connectivity index (χ4v) is 3.61. The summed E-state index contributed by atoms with van der Waals surface area (Å²) < 4.78 is 16.8. The molecule has 0 bridgehead atoms. The van der Waals surface area contributed by atoms with Crippen LogP contribution in [0.5, 0.6) is 17.2 Å². The Labute approximate surface area is 179 Å². The molecule has 1 aliphatic heterocycles. The van der Waals surface area contributed by atoms with Crippen molar-refractivity contribution in [2.24, 2.45) is 10.7 Å². The van der Waals surface area contributed by atoms with Gasteiger partial charge in [-0.15, -0.1) is 0 Å². The number of anilines is 1. The summed E-state index contributed by atoms with van der Waals surface area (Å²) in [6.07, 6.45) is 1.23. The lowest BCUT2D eigenvalue weighted by atomic mass is 10.1. The number of rotatable bonds is 5. The summed E-state index contributed by atoms with van der Waals surface area (Å²) in [4.78, 5) is 6.81. The third kappa shape index (κ3) is 3.59. The molecule has 0 saturated heterocycles. The molecule has 0 fully saturated rings. The molecule has 3 aromatic carbocycles. The van der Waals surface area contributed by atoms with Crippen molar-refractivity contribution < 1.29 is 13.9 Å². The van der Waals surface area contributed by atoms with Crippen LogP contribution in [0.3, 0.4) is 0 Å². The summed E-state index contributed by atoms with van der Waals surface area (Å²) >= 11 is 0. The van der Waals surface area contributed by atoms with Crippen molar-refractivity contribution in [3.8, 4) is 17.2 Å². The average Bonchev–Trinajstić information content (AvgIpc) is 3.30. The Balaban J connectivity index is 1.53. The van der Waals surface area contributed by atoms with E-state index in [-0.39, 0.29) is 6.17 Å². The predicted octanol–water partition coefficient (Wildman–Crippen LogP) is 3.94. The van der Waals surface area contributed by atoms with Gasteiger partial charge in [0, 0.05) is 5.69 Å². The Bertz CT molecular complexity index is 1300. The number of methoxy groups -OCH3 is 1. The van der Waals surface area contributed by atoms with Gasteiger partial charge < -0.3 is 24.5 Å². The van der Waals surface area contributed by atoms with Gasteiger partial charge >= 0.3 is 0 Å². The van der Waals surface area contributed by atoms with Crippen LogP contribution in [0, 0.1) is 0 Å². The molecule has 1 atom stereocenters. The molecule has 5 rings (SSSR count). The summed E-state index contributed by atoms with van der Waals surface area (Å²) in [7, 11) is 1.65. The Morgan fingerprint density at radius 3 is 2.23 bits per heavy atom. The first-order valence-electron chi connectivity index (χ1n) is 9.90. The van der Waals surface area contributed by atoms with E-state index < -0.39 is 0 Å². The lowest BCUT2D eigenvalue weighted by Crippen LogP contribution is -2.43.